The van der Waals surface area contributed by atoms with E-state index < -0.39 is 0 Å². The molecule has 0 radical (unpaired) electrons. The Bertz CT molecular complexity index is 439. The average molecular weight is 287 g/mol. The van der Waals surface area contributed by atoms with E-state index in [-0.39, 0.29) is 6.10 Å². The van der Waals surface area contributed by atoms with Crippen molar-refractivity contribution in [3.63, 3.8) is 0 Å². The molecule has 1 aliphatic heterocycles. The molecule has 1 heterocycles. The number of benzene rings is 1. The molecule has 1 fully saturated rings. The summed E-state index contributed by atoms with van der Waals surface area (Å²) in [6.07, 6.45) is 11.0. The highest BCUT2D eigenvalue weighted by Gasteiger charge is 2.25. The molecule has 0 bridgehead atoms. The normalized spacial score (nSPS) is 24.5. The molecule has 1 saturated carbocycles. The third kappa shape index (κ3) is 3.87. The van der Waals surface area contributed by atoms with Gasteiger partial charge in [-0.2, -0.15) is 0 Å². The molecule has 21 heavy (non-hydrogen) atoms. The lowest BCUT2D eigenvalue weighted by atomic mass is 9.83. The molecule has 2 unspecified atom stereocenters. The lowest BCUT2D eigenvalue weighted by Gasteiger charge is -2.31. The van der Waals surface area contributed by atoms with Crippen LogP contribution in [0.15, 0.2) is 24.3 Å². The van der Waals surface area contributed by atoms with Crippen LogP contribution in [0.5, 0.6) is 0 Å². The second-order valence-corrected chi connectivity index (χ2v) is 6.77. The minimum atomic E-state index is 0.288. The van der Waals surface area contributed by atoms with E-state index in [1.807, 2.05) is 0 Å². The highest BCUT2D eigenvalue weighted by Crippen LogP contribution is 2.33. The monoisotopic (exact) mass is 287 g/mol. The zero-order valence-electron chi connectivity index (χ0n) is 13.3. The number of hydrogen-bond donors (Lipinski definition) is 1. The largest absolute Gasteiger partial charge is 0.373 e. The average Bonchev–Trinajstić information content (AvgIpc) is 2.55. The van der Waals surface area contributed by atoms with E-state index in [4.69, 9.17) is 4.74 Å². The first kappa shape index (κ1) is 15.1. The van der Waals surface area contributed by atoms with E-state index in [0.29, 0.717) is 6.04 Å². The van der Waals surface area contributed by atoms with Crippen molar-refractivity contribution in [1.82, 2.24) is 5.32 Å². The van der Waals surface area contributed by atoms with Crippen molar-refractivity contribution in [3.05, 3.63) is 35.4 Å². The molecule has 2 atom stereocenters. The third-order valence-corrected chi connectivity index (χ3v) is 5.34. The molecule has 0 aromatic heterocycles. The third-order valence-electron chi connectivity index (χ3n) is 5.34. The number of nitrogens with one attached hydrogen (secondary N) is 1. The van der Waals surface area contributed by atoms with Crippen molar-refractivity contribution in [2.24, 2.45) is 5.92 Å². The molecule has 3 rings (SSSR count). The molecule has 2 heteroatoms. The van der Waals surface area contributed by atoms with Gasteiger partial charge in [-0.25, -0.2) is 0 Å². The maximum atomic E-state index is 6.09. The molecule has 0 spiro atoms. The summed E-state index contributed by atoms with van der Waals surface area (Å²) in [5.41, 5.74) is 2.91. The molecule has 2 nitrogen and oxygen atoms in total. The van der Waals surface area contributed by atoms with E-state index >= 15 is 0 Å². The molecular formula is C19H29NO. The fourth-order valence-corrected chi connectivity index (χ4v) is 4.09. The van der Waals surface area contributed by atoms with Gasteiger partial charge in [0.05, 0.1) is 12.7 Å². The summed E-state index contributed by atoms with van der Waals surface area (Å²) in [6, 6.07) is 9.41. The van der Waals surface area contributed by atoms with Gasteiger partial charge in [0.15, 0.2) is 0 Å². The smallest absolute Gasteiger partial charge is 0.0842 e. The summed E-state index contributed by atoms with van der Waals surface area (Å²) in [5, 5.41) is 3.55. The highest BCUT2D eigenvalue weighted by molar-refractivity contribution is 5.31. The molecule has 0 saturated heterocycles. The van der Waals surface area contributed by atoms with E-state index in [0.717, 1.165) is 25.4 Å². The number of rotatable bonds is 5. The van der Waals surface area contributed by atoms with E-state index in [2.05, 4.69) is 36.6 Å². The van der Waals surface area contributed by atoms with Gasteiger partial charge in [0, 0.05) is 6.04 Å². The second kappa shape index (κ2) is 7.42. The van der Waals surface area contributed by atoms with E-state index in [9.17, 15) is 0 Å². The summed E-state index contributed by atoms with van der Waals surface area (Å²) in [5.74, 6) is 0.926. The van der Waals surface area contributed by atoms with Crippen molar-refractivity contribution >= 4 is 0 Å². The molecule has 1 aliphatic carbocycles. The Morgan fingerprint density at radius 1 is 1.14 bits per heavy atom. The SMILES string of the molecule is CNC(CC1CCCCC1)CC1OCCc2ccccc21. The van der Waals surface area contributed by atoms with Gasteiger partial charge < -0.3 is 10.1 Å². The Labute approximate surface area is 129 Å². The van der Waals surface area contributed by atoms with Crippen LogP contribution in [0, 0.1) is 5.92 Å². The highest BCUT2D eigenvalue weighted by atomic mass is 16.5. The van der Waals surface area contributed by atoms with Gasteiger partial charge in [-0.1, -0.05) is 56.4 Å². The second-order valence-electron chi connectivity index (χ2n) is 6.77. The fraction of sp³-hybridized carbons (Fsp3) is 0.684. The van der Waals surface area contributed by atoms with Gasteiger partial charge in [-0.05, 0) is 43.4 Å². The molecule has 1 aromatic carbocycles. The van der Waals surface area contributed by atoms with E-state index in [1.54, 1.807) is 0 Å². The maximum absolute atomic E-state index is 6.09. The zero-order chi connectivity index (χ0) is 14.5. The number of hydrogen-bond acceptors (Lipinski definition) is 2. The number of ether oxygens (including phenoxy) is 1. The minimum absolute atomic E-state index is 0.288. The fourth-order valence-electron chi connectivity index (χ4n) is 4.09. The first-order chi connectivity index (χ1) is 10.4. The Morgan fingerprint density at radius 2 is 1.95 bits per heavy atom. The van der Waals surface area contributed by atoms with Gasteiger partial charge in [0.25, 0.3) is 0 Å². The van der Waals surface area contributed by atoms with Crippen LogP contribution >= 0.6 is 0 Å². The van der Waals surface area contributed by atoms with E-state index in [1.165, 1.54) is 49.7 Å². The molecule has 1 N–H and O–H groups in total. The van der Waals surface area contributed by atoms with Crippen LogP contribution in [0.1, 0.15) is 62.2 Å². The van der Waals surface area contributed by atoms with Gasteiger partial charge in [0.2, 0.25) is 0 Å². The molecule has 1 aromatic rings. The van der Waals surface area contributed by atoms with Crippen LogP contribution in [0.2, 0.25) is 0 Å². The maximum Gasteiger partial charge on any atom is 0.0842 e. The van der Waals surface area contributed by atoms with Crippen LogP contribution in [0.4, 0.5) is 0 Å². The van der Waals surface area contributed by atoms with Crippen LogP contribution in [0.3, 0.4) is 0 Å². The lowest BCUT2D eigenvalue weighted by Crippen LogP contribution is -2.32. The van der Waals surface area contributed by atoms with Gasteiger partial charge >= 0.3 is 0 Å². The van der Waals surface area contributed by atoms with Gasteiger partial charge in [0.1, 0.15) is 0 Å². The summed E-state index contributed by atoms with van der Waals surface area (Å²) >= 11 is 0. The Morgan fingerprint density at radius 3 is 2.76 bits per heavy atom. The summed E-state index contributed by atoms with van der Waals surface area (Å²) in [4.78, 5) is 0. The molecule has 116 valence electrons. The molecule has 0 amide bonds. The summed E-state index contributed by atoms with van der Waals surface area (Å²) < 4.78 is 6.09. The quantitative estimate of drug-likeness (QED) is 0.874. The summed E-state index contributed by atoms with van der Waals surface area (Å²) in [6.45, 7) is 0.877. The van der Waals surface area contributed by atoms with Crippen LogP contribution in [-0.4, -0.2) is 19.7 Å². The predicted octanol–water partition coefficient (Wildman–Crippen LogP) is 4.25. The Balaban J connectivity index is 1.61. The van der Waals surface area contributed by atoms with Crippen molar-refractivity contribution in [2.75, 3.05) is 13.7 Å². The van der Waals surface area contributed by atoms with Crippen molar-refractivity contribution in [3.8, 4) is 0 Å². The Kier molecular flexibility index (Phi) is 5.32. The lowest BCUT2D eigenvalue weighted by molar-refractivity contribution is 0.0276. The van der Waals surface area contributed by atoms with Crippen LogP contribution < -0.4 is 5.32 Å². The van der Waals surface area contributed by atoms with Gasteiger partial charge in [-0.15, -0.1) is 0 Å². The van der Waals surface area contributed by atoms with Crippen LogP contribution in [0.25, 0.3) is 0 Å². The first-order valence-corrected chi connectivity index (χ1v) is 8.73. The van der Waals surface area contributed by atoms with Crippen molar-refractivity contribution in [2.45, 2.75) is 63.5 Å². The number of fused-ring (bicyclic) bond motifs is 1. The summed E-state index contributed by atoms with van der Waals surface area (Å²) in [7, 11) is 2.11. The van der Waals surface area contributed by atoms with Crippen LogP contribution in [-0.2, 0) is 11.2 Å². The van der Waals surface area contributed by atoms with Gasteiger partial charge in [-0.3, -0.25) is 0 Å². The standard InChI is InChI=1S/C19H29NO/c1-20-17(13-15-7-3-2-4-8-15)14-19-18-10-6-5-9-16(18)11-12-21-19/h5-6,9-10,15,17,19-20H,2-4,7-8,11-14H2,1H3. The minimum Gasteiger partial charge on any atom is -0.373 e. The van der Waals surface area contributed by atoms with Crippen molar-refractivity contribution < 1.29 is 4.74 Å². The molecular weight excluding hydrogens is 258 g/mol. The predicted molar refractivity (Wildman–Crippen MR) is 87.5 cm³/mol. The Hall–Kier alpha value is -0.860. The zero-order valence-corrected chi connectivity index (χ0v) is 13.3. The molecule has 2 aliphatic rings. The van der Waals surface area contributed by atoms with Crippen molar-refractivity contribution in [1.29, 1.82) is 0 Å². The topological polar surface area (TPSA) is 21.3 Å². The first-order valence-electron chi connectivity index (χ1n) is 8.73.